The van der Waals surface area contributed by atoms with Gasteiger partial charge in [0, 0.05) is 11.9 Å². The summed E-state index contributed by atoms with van der Waals surface area (Å²) in [6.07, 6.45) is -0.943. The Kier molecular flexibility index (Phi) is 2.94. The highest BCUT2D eigenvalue weighted by Gasteiger charge is 2.16. The first-order chi connectivity index (χ1) is 9.28. The molecular weight excluding hydrogens is 244 g/mol. The highest BCUT2D eigenvalue weighted by atomic mass is 16.5. The molecule has 0 radical (unpaired) electrons. The van der Waals surface area contributed by atoms with Crippen LogP contribution >= 0.6 is 0 Å². The average Bonchev–Trinajstić information content (AvgIpc) is 2.95. The summed E-state index contributed by atoms with van der Waals surface area (Å²) in [7, 11) is 0. The highest BCUT2D eigenvalue weighted by molar-refractivity contribution is 5.80. The molecule has 0 aliphatic heterocycles. The number of nitrogens with two attached hydrogens (primary N) is 1. The number of pyridine rings is 1. The lowest BCUT2D eigenvalue weighted by atomic mass is 10.2. The molecule has 0 saturated heterocycles. The van der Waals surface area contributed by atoms with Crippen molar-refractivity contribution < 1.29 is 9.63 Å². The van der Waals surface area contributed by atoms with E-state index in [9.17, 15) is 5.11 Å². The number of hydrogen-bond acceptors (Lipinski definition) is 6. The summed E-state index contributed by atoms with van der Waals surface area (Å²) in [4.78, 5) is 8.53. The van der Waals surface area contributed by atoms with E-state index in [-0.39, 0.29) is 12.4 Å². The fraction of sp³-hybridized carbons (Fsp3) is 0.154. The van der Waals surface area contributed by atoms with Crippen LogP contribution in [0, 0.1) is 0 Å². The largest absolute Gasteiger partial charge is 0.382 e. The van der Waals surface area contributed by atoms with Crippen LogP contribution < -0.4 is 5.73 Å². The second kappa shape index (κ2) is 4.75. The van der Waals surface area contributed by atoms with Gasteiger partial charge in [0.2, 0.25) is 5.82 Å². The molecule has 3 N–H and O–H groups in total. The van der Waals surface area contributed by atoms with Crippen LogP contribution in [0.3, 0.4) is 0 Å². The molecule has 0 aliphatic rings. The SMILES string of the molecule is NC[C@H](O)c1nc(-c2ccc3ccccc3n2)no1. The van der Waals surface area contributed by atoms with Crippen molar-refractivity contribution in [2.75, 3.05) is 6.54 Å². The molecule has 6 heteroatoms. The van der Waals surface area contributed by atoms with Gasteiger partial charge >= 0.3 is 0 Å². The van der Waals surface area contributed by atoms with E-state index in [1.807, 2.05) is 36.4 Å². The Hall–Kier alpha value is -2.31. The molecule has 2 heterocycles. The average molecular weight is 256 g/mol. The van der Waals surface area contributed by atoms with Crippen molar-refractivity contribution in [1.82, 2.24) is 15.1 Å². The molecule has 2 aromatic heterocycles. The summed E-state index contributed by atoms with van der Waals surface area (Å²) < 4.78 is 4.95. The molecule has 3 aromatic rings. The predicted octanol–water partition coefficient (Wildman–Crippen LogP) is 1.28. The van der Waals surface area contributed by atoms with Crippen LogP contribution in [-0.2, 0) is 0 Å². The van der Waals surface area contributed by atoms with Gasteiger partial charge in [0.25, 0.3) is 5.89 Å². The van der Waals surface area contributed by atoms with Gasteiger partial charge in [0.05, 0.1) is 5.52 Å². The van der Waals surface area contributed by atoms with Gasteiger partial charge in [0.1, 0.15) is 11.8 Å². The highest BCUT2D eigenvalue weighted by Crippen LogP contribution is 2.20. The van der Waals surface area contributed by atoms with E-state index in [2.05, 4.69) is 15.1 Å². The summed E-state index contributed by atoms with van der Waals surface area (Å²) >= 11 is 0. The van der Waals surface area contributed by atoms with Gasteiger partial charge in [-0.25, -0.2) is 4.98 Å². The van der Waals surface area contributed by atoms with Crippen molar-refractivity contribution in [3.63, 3.8) is 0 Å². The molecule has 0 fully saturated rings. The predicted molar refractivity (Wildman–Crippen MR) is 69.0 cm³/mol. The molecular formula is C13H12N4O2. The summed E-state index contributed by atoms with van der Waals surface area (Å²) in [5.74, 6) is 0.445. The van der Waals surface area contributed by atoms with Crippen molar-refractivity contribution >= 4 is 10.9 Å². The zero-order valence-electron chi connectivity index (χ0n) is 10.0. The monoisotopic (exact) mass is 256 g/mol. The Morgan fingerprint density at radius 2 is 2.00 bits per heavy atom. The van der Waals surface area contributed by atoms with Crippen LogP contribution in [0.15, 0.2) is 40.9 Å². The Morgan fingerprint density at radius 1 is 1.16 bits per heavy atom. The third-order valence-corrected chi connectivity index (χ3v) is 2.78. The normalized spacial score (nSPS) is 12.7. The van der Waals surface area contributed by atoms with Crippen LogP contribution in [0.5, 0.6) is 0 Å². The zero-order valence-corrected chi connectivity index (χ0v) is 10.0. The molecule has 0 saturated carbocycles. The maximum absolute atomic E-state index is 9.52. The van der Waals surface area contributed by atoms with E-state index < -0.39 is 6.10 Å². The summed E-state index contributed by atoms with van der Waals surface area (Å²) in [5, 5.41) is 14.4. The number of fused-ring (bicyclic) bond motifs is 1. The molecule has 3 rings (SSSR count). The standard InChI is InChI=1S/C13H12N4O2/c14-7-11(18)13-16-12(17-19-13)10-6-5-8-3-1-2-4-9(8)15-10/h1-6,11,18H,7,14H2/t11-/m0/s1. The van der Waals surface area contributed by atoms with E-state index in [1.165, 1.54) is 0 Å². The molecule has 1 aromatic carbocycles. The fourth-order valence-corrected chi connectivity index (χ4v) is 1.77. The van der Waals surface area contributed by atoms with Crippen molar-refractivity contribution in [3.05, 3.63) is 42.3 Å². The third-order valence-electron chi connectivity index (χ3n) is 2.78. The van der Waals surface area contributed by atoms with Crippen LogP contribution in [0.2, 0.25) is 0 Å². The summed E-state index contributed by atoms with van der Waals surface area (Å²) in [6.45, 7) is 0.0345. The lowest BCUT2D eigenvalue weighted by Crippen LogP contribution is -2.11. The molecule has 1 atom stereocenters. The molecule has 96 valence electrons. The second-order valence-electron chi connectivity index (χ2n) is 4.10. The minimum Gasteiger partial charge on any atom is -0.382 e. The number of aliphatic hydroxyl groups is 1. The molecule has 0 unspecified atom stereocenters. The summed E-state index contributed by atoms with van der Waals surface area (Å²) in [5.41, 5.74) is 6.78. The fourth-order valence-electron chi connectivity index (χ4n) is 1.77. The summed E-state index contributed by atoms with van der Waals surface area (Å²) in [6, 6.07) is 11.5. The van der Waals surface area contributed by atoms with Crippen LogP contribution in [0.25, 0.3) is 22.4 Å². The minimum atomic E-state index is -0.943. The van der Waals surface area contributed by atoms with Crippen LogP contribution in [0.4, 0.5) is 0 Å². The number of para-hydroxylation sites is 1. The van der Waals surface area contributed by atoms with Crippen LogP contribution in [-0.4, -0.2) is 26.8 Å². The Labute approximate surface area is 108 Å². The molecule has 6 nitrogen and oxygen atoms in total. The lowest BCUT2D eigenvalue weighted by molar-refractivity contribution is 0.141. The Bertz CT molecular complexity index is 710. The van der Waals surface area contributed by atoms with Gasteiger partial charge in [-0.1, -0.05) is 29.4 Å². The first kappa shape index (κ1) is 11.8. The minimum absolute atomic E-state index is 0.0345. The van der Waals surface area contributed by atoms with Crippen molar-refractivity contribution in [2.45, 2.75) is 6.10 Å². The van der Waals surface area contributed by atoms with Gasteiger partial charge in [-0.2, -0.15) is 4.98 Å². The maximum Gasteiger partial charge on any atom is 0.257 e. The Morgan fingerprint density at radius 3 is 2.84 bits per heavy atom. The molecule has 0 amide bonds. The first-order valence-corrected chi connectivity index (χ1v) is 5.86. The van der Waals surface area contributed by atoms with E-state index in [4.69, 9.17) is 10.3 Å². The van der Waals surface area contributed by atoms with E-state index >= 15 is 0 Å². The maximum atomic E-state index is 9.52. The second-order valence-corrected chi connectivity index (χ2v) is 4.10. The van der Waals surface area contributed by atoms with E-state index in [0.29, 0.717) is 11.5 Å². The van der Waals surface area contributed by atoms with Gasteiger partial charge in [-0.15, -0.1) is 0 Å². The number of rotatable bonds is 3. The van der Waals surface area contributed by atoms with Gasteiger partial charge < -0.3 is 15.4 Å². The third kappa shape index (κ3) is 2.18. The molecule has 0 spiro atoms. The smallest absolute Gasteiger partial charge is 0.257 e. The van der Waals surface area contributed by atoms with Crippen molar-refractivity contribution in [1.29, 1.82) is 0 Å². The quantitative estimate of drug-likeness (QED) is 0.732. The topological polar surface area (TPSA) is 98.1 Å². The molecule has 19 heavy (non-hydrogen) atoms. The van der Waals surface area contributed by atoms with E-state index in [1.54, 1.807) is 0 Å². The van der Waals surface area contributed by atoms with Crippen LogP contribution in [0.1, 0.15) is 12.0 Å². The number of nitrogens with zero attached hydrogens (tertiary/aromatic N) is 3. The van der Waals surface area contributed by atoms with Gasteiger partial charge in [-0.3, -0.25) is 0 Å². The Balaban J connectivity index is 2.01. The molecule has 0 bridgehead atoms. The number of benzene rings is 1. The first-order valence-electron chi connectivity index (χ1n) is 5.86. The van der Waals surface area contributed by atoms with Crippen molar-refractivity contribution in [3.8, 4) is 11.5 Å². The van der Waals surface area contributed by atoms with Gasteiger partial charge in [0.15, 0.2) is 0 Å². The van der Waals surface area contributed by atoms with Gasteiger partial charge in [-0.05, 0) is 12.1 Å². The van der Waals surface area contributed by atoms with Crippen molar-refractivity contribution in [2.24, 2.45) is 5.73 Å². The number of aliphatic hydroxyl groups excluding tert-OH is 1. The zero-order chi connectivity index (χ0) is 13.2. The lowest BCUT2D eigenvalue weighted by Gasteiger charge is -1.99. The number of hydrogen-bond donors (Lipinski definition) is 2. The number of aromatic nitrogens is 3. The molecule has 0 aliphatic carbocycles. The van der Waals surface area contributed by atoms with E-state index in [0.717, 1.165) is 10.9 Å².